The van der Waals surface area contributed by atoms with Crippen LogP contribution in [0.5, 0.6) is 0 Å². The molecule has 1 spiro atoms. The molecule has 3 heterocycles. The fourth-order valence-corrected chi connectivity index (χ4v) is 5.46. The number of hydrogen-bond acceptors (Lipinski definition) is 6. The number of likely N-dealkylation sites (tertiary alicyclic amines) is 2. The van der Waals surface area contributed by atoms with E-state index < -0.39 is 0 Å². The van der Waals surface area contributed by atoms with E-state index in [9.17, 15) is 9.90 Å². The first-order chi connectivity index (χ1) is 14.8. The molecule has 31 heavy (non-hydrogen) atoms. The van der Waals surface area contributed by atoms with Crippen molar-refractivity contribution in [3.8, 4) is 0 Å². The van der Waals surface area contributed by atoms with Crippen LogP contribution < -0.4 is 5.32 Å². The zero-order chi connectivity index (χ0) is 22.0. The highest BCUT2D eigenvalue weighted by molar-refractivity contribution is 7.99. The number of piperidine rings is 1. The molecule has 1 unspecified atom stereocenters. The number of aryl methyl sites for hydroxylation is 1. The molecule has 2 N–H and O–H groups in total. The van der Waals surface area contributed by atoms with Crippen molar-refractivity contribution in [3.05, 3.63) is 36.2 Å². The van der Waals surface area contributed by atoms with Gasteiger partial charge in [-0.25, -0.2) is 4.79 Å². The minimum atomic E-state index is -0.387. The molecule has 0 saturated carbocycles. The summed E-state index contributed by atoms with van der Waals surface area (Å²) in [7, 11) is 1.93. The number of urea groups is 1. The van der Waals surface area contributed by atoms with E-state index in [2.05, 4.69) is 33.4 Å². The first-order valence-electron chi connectivity index (χ1n) is 10.9. The molecule has 2 saturated heterocycles. The summed E-state index contributed by atoms with van der Waals surface area (Å²) in [5.41, 5.74) is 2.20. The van der Waals surface area contributed by atoms with E-state index in [4.69, 9.17) is 0 Å². The molecule has 2 amide bonds. The molecule has 1 aromatic heterocycles. The lowest BCUT2D eigenvalue weighted by atomic mass is 9.78. The Kier molecular flexibility index (Phi) is 6.55. The van der Waals surface area contributed by atoms with Crippen molar-refractivity contribution in [2.75, 3.05) is 31.5 Å². The highest BCUT2D eigenvalue weighted by Crippen LogP contribution is 2.41. The van der Waals surface area contributed by atoms with E-state index in [1.807, 2.05) is 41.6 Å². The first-order valence-corrected chi connectivity index (χ1v) is 11.8. The molecule has 2 aliphatic heterocycles. The van der Waals surface area contributed by atoms with Crippen LogP contribution in [0.3, 0.4) is 0 Å². The zero-order valence-corrected chi connectivity index (χ0v) is 19.3. The fraction of sp³-hybridized carbons (Fsp3) is 0.591. The van der Waals surface area contributed by atoms with Gasteiger partial charge in [-0.2, -0.15) is 0 Å². The number of thioether (sulfide) groups is 1. The Labute approximate surface area is 188 Å². The van der Waals surface area contributed by atoms with Gasteiger partial charge < -0.3 is 19.9 Å². The van der Waals surface area contributed by atoms with Gasteiger partial charge in [0.1, 0.15) is 12.6 Å². The van der Waals surface area contributed by atoms with Gasteiger partial charge >= 0.3 is 6.03 Å². The lowest BCUT2D eigenvalue weighted by Crippen LogP contribution is -2.46. The van der Waals surface area contributed by atoms with Crippen molar-refractivity contribution in [2.45, 2.75) is 49.7 Å². The summed E-state index contributed by atoms with van der Waals surface area (Å²) in [6.07, 6.45) is 4.41. The van der Waals surface area contributed by atoms with Gasteiger partial charge in [0.15, 0.2) is 5.16 Å². The summed E-state index contributed by atoms with van der Waals surface area (Å²) in [5, 5.41) is 22.1. The van der Waals surface area contributed by atoms with E-state index in [1.165, 1.54) is 0 Å². The second-order valence-electron chi connectivity index (χ2n) is 8.88. The maximum atomic E-state index is 12.9. The highest BCUT2D eigenvalue weighted by atomic mass is 32.2. The number of aliphatic hydroxyl groups is 1. The quantitative estimate of drug-likeness (QED) is 0.688. The maximum absolute atomic E-state index is 12.9. The highest BCUT2D eigenvalue weighted by Gasteiger charge is 2.42. The lowest BCUT2D eigenvalue weighted by molar-refractivity contribution is 0.0212. The average molecular weight is 445 g/mol. The fourth-order valence-electron chi connectivity index (χ4n) is 4.56. The standard InChI is InChI=1S/C22H32N6O2S/c1-16(31-21-25-23-15-26(21)3)18-5-4-6-19(13-18)24-20(30)27-10-7-22(8-11-27)9-12-28(14-22)17(2)29/h4-6,13,15-17,29H,7-12,14H2,1-3H3,(H,24,30)/t16-,17?/m0/s1. The molecule has 9 heteroatoms. The van der Waals surface area contributed by atoms with Gasteiger partial charge in [0.25, 0.3) is 0 Å². The molecule has 168 valence electrons. The topological polar surface area (TPSA) is 86.5 Å². The van der Waals surface area contributed by atoms with Crippen LogP contribution in [0.1, 0.15) is 43.9 Å². The average Bonchev–Trinajstić information content (AvgIpc) is 3.35. The molecule has 2 atom stereocenters. The normalized spacial score (nSPS) is 20.7. The van der Waals surface area contributed by atoms with Crippen molar-refractivity contribution in [3.63, 3.8) is 0 Å². The lowest BCUT2D eigenvalue weighted by Gasteiger charge is -2.39. The Bertz CT molecular complexity index is 909. The maximum Gasteiger partial charge on any atom is 0.321 e. The van der Waals surface area contributed by atoms with Crippen molar-refractivity contribution in [1.29, 1.82) is 0 Å². The van der Waals surface area contributed by atoms with Gasteiger partial charge in [0.05, 0.1) is 0 Å². The summed E-state index contributed by atoms with van der Waals surface area (Å²) in [4.78, 5) is 16.9. The number of carbonyl (C=O) groups excluding carboxylic acids is 1. The van der Waals surface area contributed by atoms with Crippen molar-refractivity contribution < 1.29 is 9.90 Å². The van der Waals surface area contributed by atoms with Gasteiger partial charge in [0, 0.05) is 44.2 Å². The van der Waals surface area contributed by atoms with Crippen LogP contribution in [0.15, 0.2) is 35.7 Å². The number of carbonyl (C=O) groups is 1. The van der Waals surface area contributed by atoms with E-state index in [0.717, 1.165) is 61.8 Å². The summed E-state index contributed by atoms with van der Waals surface area (Å²) in [6.45, 7) is 7.37. The van der Waals surface area contributed by atoms with Crippen LogP contribution in [0.2, 0.25) is 0 Å². The second-order valence-corrected chi connectivity index (χ2v) is 10.2. The number of nitrogens with one attached hydrogen (secondary N) is 1. The molecular formula is C22H32N6O2S. The van der Waals surface area contributed by atoms with Crippen LogP contribution >= 0.6 is 11.8 Å². The minimum Gasteiger partial charge on any atom is -0.379 e. The molecule has 4 rings (SSSR count). The van der Waals surface area contributed by atoms with Gasteiger partial charge in [0.2, 0.25) is 0 Å². The van der Waals surface area contributed by atoms with Crippen LogP contribution in [0.4, 0.5) is 10.5 Å². The summed E-state index contributed by atoms with van der Waals surface area (Å²) < 4.78 is 1.90. The third-order valence-electron chi connectivity index (χ3n) is 6.67. The molecule has 8 nitrogen and oxygen atoms in total. The van der Waals surface area contributed by atoms with Gasteiger partial charge in [-0.05, 0) is 56.2 Å². The molecule has 0 bridgehead atoms. The van der Waals surface area contributed by atoms with Crippen molar-refractivity contribution >= 4 is 23.5 Å². The first kappa shape index (κ1) is 22.1. The number of amides is 2. The number of nitrogens with zero attached hydrogens (tertiary/aromatic N) is 5. The Morgan fingerprint density at radius 2 is 1.97 bits per heavy atom. The third kappa shape index (κ3) is 5.05. The molecule has 2 aliphatic rings. The summed E-state index contributed by atoms with van der Waals surface area (Å²) in [5.74, 6) is 0. The number of aliphatic hydroxyl groups excluding tert-OH is 1. The predicted octanol–water partition coefficient (Wildman–Crippen LogP) is 3.33. The van der Waals surface area contributed by atoms with Gasteiger partial charge in [-0.15, -0.1) is 10.2 Å². The van der Waals surface area contributed by atoms with Crippen LogP contribution in [-0.4, -0.2) is 68.1 Å². The Hall–Kier alpha value is -2.10. The number of benzene rings is 1. The monoisotopic (exact) mass is 444 g/mol. The second kappa shape index (κ2) is 9.18. The van der Waals surface area contributed by atoms with E-state index >= 15 is 0 Å². The minimum absolute atomic E-state index is 0.0361. The van der Waals surface area contributed by atoms with Crippen LogP contribution in [-0.2, 0) is 7.05 Å². The molecule has 0 radical (unpaired) electrons. The SMILES string of the molecule is CC(O)N1CCC2(CCN(C(=O)Nc3cccc([C@H](C)Sc4nncn4C)c3)CC2)C1. The molecule has 2 fully saturated rings. The molecule has 2 aromatic rings. The Morgan fingerprint density at radius 1 is 1.23 bits per heavy atom. The summed E-state index contributed by atoms with van der Waals surface area (Å²) >= 11 is 1.64. The Balaban J connectivity index is 1.32. The van der Waals surface area contributed by atoms with Gasteiger partial charge in [-0.3, -0.25) is 4.90 Å². The molecule has 0 aliphatic carbocycles. The van der Waals surface area contributed by atoms with E-state index in [0.29, 0.717) is 0 Å². The number of rotatable bonds is 5. The third-order valence-corrected chi connectivity index (χ3v) is 7.87. The Morgan fingerprint density at radius 3 is 2.61 bits per heavy atom. The van der Waals surface area contributed by atoms with E-state index in [-0.39, 0.29) is 22.9 Å². The van der Waals surface area contributed by atoms with E-state index in [1.54, 1.807) is 18.1 Å². The summed E-state index contributed by atoms with van der Waals surface area (Å²) in [6, 6.07) is 7.99. The van der Waals surface area contributed by atoms with Crippen molar-refractivity contribution in [2.24, 2.45) is 12.5 Å². The predicted molar refractivity (Wildman–Crippen MR) is 122 cm³/mol. The van der Waals surface area contributed by atoms with Gasteiger partial charge in [-0.1, -0.05) is 23.9 Å². The largest absolute Gasteiger partial charge is 0.379 e. The van der Waals surface area contributed by atoms with Crippen LogP contribution in [0, 0.1) is 5.41 Å². The number of aromatic nitrogens is 3. The molecular weight excluding hydrogens is 412 g/mol. The van der Waals surface area contributed by atoms with Crippen molar-refractivity contribution in [1.82, 2.24) is 24.6 Å². The number of anilines is 1. The molecule has 1 aromatic carbocycles. The zero-order valence-electron chi connectivity index (χ0n) is 18.5. The smallest absolute Gasteiger partial charge is 0.321 e. The number of hydrogen-bond donors (Lipinski definition) is 2. The van der Waals surface area contributed by atoms with Crippen LogP contribution in [0.25, 0.3) is 0 Å².